The molecule has 1 aromatic carbocycles. The van der Waals surface area contributed by atoms with Crippen LogP contribution in [0.15, 0.2) is 12.1 Å². The molecule has 1 heterocycles. The van der Waals surface area contributed by atoms with Crippen LogP contribution >= 0.6 is 0 Å². The number of carbonyl (C=O) groups excluding carboxylic acids is 1. The van der Waals surface area contributed by atoms with Gasteiger partial charge in [0.15, 0.2) is 0 Å². The average molecular weight is 260 g/mol. The van der Waals surface area contributed by atoms with Crippen molar-refractivity contribution < 1.29 is 4.79 Å². The van der Waals surface area contributed by atoms with Gasteiger partial charge >= 0.3 is 0 Å². The quantitative estimate of drug-likeness (QED) is 0.901. The summed E-state index contributed by atoms with van der Waals surface area (Å²) in [5.74, 6) is 0.235. The molecule has 0 bridgehead atoms. The molecule has 0 atom stereocenters. The number of hydrogen-bond acceptors (Lipinski definition) is 2. The molecule has 0 spiro atoms. The zero-order chi connectivity index (χ0) is 13.8. The highest BCUT2D eigenvalue weighted by atomic mass is 16.2. The van der Waals surface area contributed by atoms with Crippen LogP contribution in [-0.4, -0.2) is 30.4 Å². The fraction of sp³-hybridized carbons (Fsp3) is 0.562. The molecule has 19 heavy (non-hydrogen) atoms. The maximum atomic E-state index is 11.9. The number of carbonyl (C=O) groups is 1. The van der Waals surface area contributed by atoms with E-state index in [0.717, 1.165) is 32.5 Å². The zero-order valence-electron chi connectivity index (χ0n) is 12.3. The summed E-state index contributed by atoms with van der Waals surface area (Å²) in [5.41, 5.74) is 5.23. The number of nitrogens with zero attached hydrogens (tertiary/aromatic N) is 1. The Morgan fingerprint density at radius 1 is 1.11 bits per heavy atom. The van der Waals surface area contributed by atoms with Crippen molar-refractivity contribution in [3.8, 4) is 0 Å². The molecule has 1 N–H and O–H groups in total. The van der Waals surface area contributed by atoms with E-state index in [0.29, 0.717) is 6.54 Å². The van der Waals surface area contributed by atoms with Crippen molar-refractivity contribution in [3.63, 3.8) is 0 Å². The number of aryl methyl sites for hydroxylation is 3. The Kier molecular flexibility index (Phi) is 4.59. The lowest BCUT2D eigenvalue weighted by molar-refractivity contribution is -0.129. The summed E-state index contributed by atoms with van der Waals surface area (Å²) in [6.45, 7) is 9.49. The number of benzene rings is 1. The average Bonchev–Trinajstić information content (AvgIpc) is 2.89. The van der Waals surface area contributed by atoms with Gasteiger partial charge in [0.1, 0.15) is 0 Å². The van der Waals surface area contributed by atoms with Gasteiger partial charge in [0.25, 0.3) is 0 Å². The van der Waals surface area contributed by atoms with Crippen molar-refractivity contribution in [3.05, 3.63) is 34.4 Å². The van der Waals surface area contributed by atoms with Crippen LogP contribution in [0.3, 0.4) is 0 Å². The van der Waals surface area contributed by atoms with Crippen LogP contribution in [0.1, 0.15) is 35.1 Å². The fourth-order valence-electron chi connectivity index (χ4n) is 2.59. The summed E-state index contributed by atoms with van der Waals surface area (Å²) in [6.07, 6.45) is 2.31. The second-order valence-electron chi connectivity index (χ2n) is 5.55. The first-order valence-corrected chi connectivity index (χ1v) is 7.13. The Hall–Kier alpha value is -1.35. The number of amides is 1. The molecular weight excluding hydrogens is 236 g/mol. The molecule has 1 saturated heterocycles. The second kappa shape index (κ2) is 6.20. The Balaban J connectivity index is 1.85. The van der Waals surface area contributed by atoms with Crippen molar-refractivity contribution in [2.75, 3.05) is 19.6 Å². The summed E-state index contributed by atoms with van der Waals surface area (Å²) in [5, 5.41) is 3.27. The van der Waals surface area contributed by atoms with Gasteiger partial charge in [0, 0.05) is 19.6 Å². The molecule has 0 saturated carbocycles. The topological polar surface area (TPSA) is 32.3 Å². The fourth-order valence-corrected chi connectivity index (χ4v) is 2.59. The summed E-state index contributed by atoms with van der Waals surface area (Å²) in [4.78, 5) is 13.9. The molecular formula is C16H24N2O. The van der Waals surface area contributed by atoms with Crippen molar-refractivity contribution in [2.45, 2.75) is 40.2 Å². The lowest BCUT2D eigenvalue weighted by Crippen LogP contribution is -2.36. The molecule has 1 fully saturated rings. The maximum Gasteiger partial charge on any atom is 0.236 e. The van der Waals surface area contributed by atoms with Crippen LogP contribution in [0.25, 0.3) is 0 Å². The first-order chi connectivity index (χ1) is 9.08. The van der Waals surface area contributed by atoms with Gasteiger partial charge in [-0.1, -0.05) is 12.1 Å². The molecule has 2 rings (SSSR count). The molecule has 3 heteroatoms. The number of likely N-dealkylation sites (tertiary alicyclic amines) is 1. The van der Waals surface area contributed by atoms with Crippen LogP contribution in [0.5, 0.6) is 0 Å². The van der Waals surface area contributed by atoms with Gasteiger partial charge in [-0.25, -0.2) is 0 Å². The van der Waals surface area contributed by atoms with Gasteiger partial charge in [0.2, 0.25) is 5.91 Å². The van der Waals surface area contributed by atoms with Crippen molar-refractivity contribution >= 4 is 5.91 Å². The number of hydrogen-bond donors (Lipinski definition) is 1. The largest absolute Gasteiger partial charge is 0.342 e. The molecule has 0 unspecified atom stereocenters. The third-order valence-corrected chi connectivity index (χ3v) is 4.00. The van der Waals surface area contributed by atoms with E-state index >= 15 is 0 Å². The van der Waals surface area contributed by atoms with Crippen LogP contribution in [0, 0.1) is 20.8 Å². The predicted molar refractivity (Wildman–Crippen MR) is 78.2 cm³/mol. The molecule has 1 aliphatic rings. The smallest absolute Gasteiger partial charge is 0.236 e. The van der Waals surface area contributed by atoms with E-state index in [1.54, 1.807) is 0 Å². The minimum atomic E-state index is 0.235. The SMILES string of the molecule is Cc1cc(C)c(CNCC(=O)N2CCCC2)cc1C. The predicted octanol–water partition coefficient (Wildman–Crippen LogP) is 2.32. The second-order valence-corrected chi connectivity index (χ2v) is 5.55. The minimum Gasteiger partial charge on any atom is -0.342 e. The highest BCUT2D eigenvalue weighted by Crippen LogP contribution is 2.15. The molecule has 1 amide bonds. The Morgan fingerprint density at radius 3 is 2.42 bits per heavy atom. The van der Waals surface area contributed by atoms with Gasteiger partial charge < -0.3 is 10.2 Å². The summed E-state index contributed by atoms with van der Waals surface area (Å²) in [6, 6.07) is 4.44. The van der Waals surface area contributed by atoms with E-state index < -0.39 is 0 Å². The monoisotopic (exact) mass is 260 g/mol. The van der Waals surface area contributed by atoms with E-state index in [2.05, 4.69) is 38.2 Å². The third kappa shape index (κ3) is 3.57. The maximum absolute atomic E-state index is 11.9. The summed E-state index contributed by atoms with van der Waals surface area (Å²) >= 11 is 0. The number of rotatable bonds is 4. The molecule has 1 aromatic rings. The van der Waals surface area contributed by atoms with E-state index in [9.17, 15) is 4.79 Å². The van der Waals surface area contributed by atoms with Gasteiger partial charge in [-0.3, -0.25) is 4.79 Å². The Bertz CT molecular complexity index is 462. The standard InChI is InChI=1S/C16H24N2O/c1-12-8-14(3)15(9-13(12)2)10-17-11-16(19)18-6-4-5-7-18/h8-9,17H,4-7,10-11H2,1-3H3. The molecule has 0 aromatic heterocycles. The third-order valence-electron chi connectivity index (χ3n) is 4.00. The van der Waals surface area contributed by atoms with Gasteiger partial charge in [-0.15, -0.1) is 0 Å². The summed E-state index contributed by atoms with van der Waals surface area (Å²) in [7, 11) is 0. The summed E-state index contributed by atoms with van der Waals surface area (Å²) < 4.78 is 0. The highest BCUT2D eigenvalue weighted by Gasteiger charge is 2.17. The van der Waals surface area contributed by atoms with Crippen molar-refractivity contribution in [1.29, 1.82) is 0 Å². The van der Waals surface area contributed by atoms with Crippen LogP contribution in [-0.2, 0) is 11.3 Å². The minimum absolute atomic E-state index is 0.235. The van der Waals surface area contributed by atoms with Crippen LogP contribution in [0.4, 0.5) is 0 Å². The molecule has 3 nitrogen and oxygen atoms in total. The van der Waals surface area contributed by atoms with E-state index in [-0.39, 0.29) is 5.91 Å². The molecule has 104 valence electrons. The van der Waals surface area contributed by atoms with Gasteiger partial charge in [-0.05, 0) is 55.9 Å². The van der Waals surface area contributed by atoms with E-state index in [1.807, 2.05) is 4.90 Å². The van der Waals surface area contributed by atoms with Crippen LogP contribution < -0.4 is 5.32 Å². The van der Waals surface area contributed by atoms with Gasteiger partial charge in [0.05, 0.1) is 6.54 Å². The first kappa shape index (κ1) is 14.1. The van der Waals surface area contributed by atoms with Crippen LogP contribution in [0.2, 0.25) is 0 Å². The normalized spacial score (nSPS) is 15.0. The van der Waals surface area contributed by atoms with E-state index in [4.69, 9.17) is 0 Å². The lowest BCUT2D eigenvalue weighted by Gasteiger charge is -2.16. The van der Waals surface area contributed by atoms with Crippen molar-refractivity contribution in [2.24, 2.45) is 0 Å². The molecule has 0 radical (unpaired) electrons. The van der Waals surface area contributed by atoms with Crippen molar-refractivity contribution in [1.82, 2.24) is 10.2 Å². The lowest BCUT2D eigenvalue weighted by atomic mass is 10.0. The Labute approximate surface area is 116 Å². The van der Waals surface area contributed by atoms with Gasteiger partial charge in [-0.2, -0.15) is 0 Å². The molecule has 1 aliphatic heterocycles. The molecule has 0 aliphatic carbocycles. The zero-order valence-corrected chi connectivity index (χ0v) is 12.3. The Morgan fingerprint density at radius 2 is 1.74 bits per heavy atom. The number of nitrogens with one attached hydrogen (secondary N) is 1. The van der Waals surface area contributed by atoms with E-state index in [1.165, 1.54) is 22.3 Å². The first-order valence-electron chi connectivity index (χ1n) is 7.13. The highest BCUT2D eigenvalue weighted by molar-refractivity contribution is 5.78.